The standard InChI is InChI=1S/C40H68F5N5O12S/c1-14-23-58-34(55)28(18-15-16-22-46-35(56)61-39(8,9)10)48-33(54)29(25-59-37(2,3)4)49-32(53)27(20-21-30(51)60-38(5,6)7)47-31(52)26(50-36(57)62-40(11,12)13)19-17-24-63(41,42,43,44)45/h14,17,24,26-29H,1,15-16,18-23,25H2,2-13H3,(H,46,56)(H,47,52)(H,48,54)(H,49,53)(H,50,57)/b24-17+/t26?,27-,28-,29-/m0/s1. The van der Waals surface area contributed by atoms with Gasteiger partial charge in [0.1, 0.15) is 47.6 Å². The lowest BCUT2D eigenvalue weighted by Gasteiger charge is -2.36. The number of alkyl carbamates (subject to hydrolysis) is 2. The molecule has 0 bridgehead atoms. The van der Waals surface area contributed by atoms with Gasteiger partial charge in [-0.1, -0.05) is 38.2 Å². The minimum atomic E-state index is -10.1. The molecule has 4 atom stereocenters. The van der Waals surface area contributed by atoms with Gasteiger partial charge in [0, 0.05) is 13.0 Å². The molecule has 0 aromatic rings. The summed E-state index contributed by atoms with van der Waals surface area (Å²) in [6, 6.07) is -6.74. The van der Waals surface area contributed by atoms with Gasteiger partial charge in [-0.05, 0) is 115 Å². The lowest BCUT2D eigenvalue weighted by molar-refractivity contribution is -0.155. The summed E-state index contributed by atoms with van der Waals surface area (Å²) in [5.74, 6) is -5.19. The summed E-state index contributed by atoms with van der Waals surface area (Å²) < 4.78 is 92.2. The van der Waals surface area contributed by atoms with Gasteiger partial charge in [-0.3, -0.25) is 19.2 Å². The molecule has 0 rings (SSSR count). The number of amides is 5. The van der Waals surface area contributed by atoms with Crippen molar-refractivity contribution in [2.75, 3.05) is 19.8 Å². The summed E-state index contributed by atoms with van der Waals surface area (Å²) in [6.07, 6.45) is -2.41. The van der Waals surface area contributed by atoms with Gasteiger partial charge in [0.05, 0.1) is 17.6 Å². The van der Waals surface area contributed by atoms with E-state index in [9.17, 15) is 53.0 Å². The second-order valence-electron chi connectivity index (χ2n) is 18.4. The molecule has 0 saturated carbocycles. The molecule has 0 saturated heterocycles. The number of rotatable bonds is 23. The molecule has 23 heteroatoms. The fourth-order valence-corrected chi connectivity index (χ4v) is 5.26. The molecule has 63 heavy (non-hydrogen) atoms. The maximum Gasteiger partial charge on any atom is 0.408 e. The largest absolute Gasteiger partial charge is 0.460 e. The van der Waals surface area contributed by atoms with Crippen molar-refractivity contribution in [3.05, 3.63) is 24.1 Å². The van der Waals surface area contributed by atoms with Gasteiger partial charge < -0.3 is 50.3 Å². The first kappa shape index (κ1) is 58.3. The summed E-state index contributed by atoms with van der Waals surface area (Å²) in [4.78, 5) is 91.9. The predicted octanol–water partition coefficient (Wildman–Crippen LogP) is 6.90. The van der Waals surface area contributed by atoms with Crippen molar-refractivity contribution in [1.82, 2.24) is 26.6 Å². The van der Waals surface area contributed by atoms with Crippen LogP contribution in [0.1, 0.15) is 122 Å². The summed E-state index contributed by atoms with van der Waals surface area (Å²) >= 11 is 0. The van der Waals surface area contributed by atoms with Gasteiger partial charge in [0.2, 0.25) is 17.7 Å². The number of carbonyl (C=O) groups is 7. The average Bonchev–Trinajstić information content (AvgIpc) is 3.05. The molecule has 0 heterocycles. The Hall–Kier alpha value is -4.67. The highest BCUT2D eigenvalue weighted by Crippen LogP contribution is 2.99. The Balaban J connectivity index is 6.73. The molecule has 0 aromatic heterocycles. The maximum absolute atomic E-state index is 14.0. The molecule has 0 spiro atoms. The predicted molar refractivity (Wildman–Crippen MR) is 226 cm³/mol. The van der Waals surface area contributed by atoms with Crippen LogP contribution in [0.2, 0.25) is 0 Å². The molecule has 0 fully saturated rings. The van der Waals surface area contributed by atoms with E-state index < -0.39 is 130 Å². The normalized spacial score (nSPS) is 15.5. The number of hydrogen-bond acceptors (Lipinski definition) is 12. The topological polar surface area (TPSA) is 226 Å². The fraction of sp³-hybridized carbons (Fsp3) is 0.725. The van der Waals surface area contributed by atoms with Crippen LogP contribution in [0.15, 0.2) is 24.1 Å². The third kappa shape index (κ3) is 31.8. The highest BCUT2D eigenvalue weighted by Gasteiger charge is 2.60. The monoisotopic (exact) mass is 937 g/mol. The van der Waals surface area contributed by atoms with E-state index in [-0.39, 0.29) is 32.1 Å². The van der Waals surface area contributed by atoms with Crippen molar-refractivity contribution < 1.29 is 76.7 Å². The van der Waals surface area contributed by atoms with Crippen LogP contribution in [0.5, 0.6) is 0 Å². The fourth-order valence-electron chi connectivity index (χ4n) is 4.78. The van der Waals surface area contributed by atoms with E-state index in [1.54, 1.807) is 62.3 Å². The van der Waals surface area contributed by atoms with Crippen molar-refractivity contribution >= 4 is 52.1 Å². The zero-order valence-electron chi connectivity index (χ0n) is 38.3. The molecule has 17 nitrogen and oxygen atoms in total. The summed E-state index contributed by atoms with van der Waals surface area (Å²) in [7, 11) is -10.1. The molecular weight excluding hydrogens is 870 g/mol. The highest BCUT2D eigenvalue weighted by molar-refractivity contribution is 8.48. The maximum atomic E-state index is 14.0. The number of nitrogens with one attached hydrogen (secondary N) is 5. The summed E-state index contributed by atoms with van der Waals surface area (Å²) in [5, 5.41) is 10.4. The van der Waals surface area contributed by atoms with E-state index in [1.165, 1.54) is 26.8 Å². The van der Waals surface area contributed by atoms with Crippen LogP contribution in [-0.2, 0) is 47.7 Å². The SMILES string of the molecule is C=CCOC(=O)[C@H](CCCCNC(=O)OC(C)(C)C)NC(=O)[C@H](COC(C)(C)C)NC(=O)[C@H](CCC(=O)OC(C)(C)C)NC(=O)C(C/C=C/S(F)(F)(F)(F)F)NC(=O)OC(C)(C)C. The van der Waals surface area contributed by atoms with Gasteiger partial charge in [0.15, 0.2) is 0 Å². The third-order valence-corrected chi connectivity index (χ3v) is 7.98. The van der Waals surface area contributed by atoms with E-state index in [1.807, 2.05) is 5.32 Å². The zero-order valence-corrected chi connectivity index (χ0v) is 39.1. The Kier molecular flexibility index (Phi) is 21.1. The molecule has 1 unspecified atom stereocenters. The van der Waals surface area contributed by atoms with Crippen molar-refractivity contribution in [3.63, 3.8) is 0 Å². The van der Waals surface area contributed by atoms with Gasteiger partial charge in [-0.15, -0.1) is 0 Å². The average molecular weight is 938 g/mol. The number of hydrogen-bond donors (Lipinski definition) is 5. The molecule has 0 radical (unpaired) electrons. The summed E-state index contributed by atoms with van der Waals surface area (Å²) in [5.41, 5.74) is -3.80. The Morgan fingerprint density at radius 3 is 1.60 bits per heavy atom. The first-order valence-corrected chi connectivity index (χ1v) is 22.1. The Morgan fingerprint density at radius 2 is 1.10 bits per heavy atom. The Bertz CT molecular complexity index is 1640. The highest BCUT2D eigenvalue weighted by atomic mass is 32.5. The van der Waals surface area contributed by atoms with E-state index in [0.29, 0.717) is 6.42 Å². The number of carbonyl (C=O) groups excluding carboxylic acids is 7. The van der Waals surface area contributed by atoms with Crippen LogP contribution in [-0.4, -0.2) is 108 Å². The number of halogens is 5. The molecule has 0 aliphatic rings. The van der Waals surface area contributed by atoms with Crippen LogP contribution in [0.4, 0.5) is 29.0 Å². The number of unbranched alkanes of at least 4 members (excludes halogenated alkanes) is 1. The molecule has 0 aliphatic heterocycles. The molecule has 0 aliphatic carbocycles. The van der Waals surface area contributed by atoms with E-state index in [2.05, 4.69) is 27.8 Å². The lowest BCUT2D eigenvalue weighted by Crippen LogP contribution is -2.59. The van der Waals surface area contributed by atoms with Crippen LogP contribution >= 0.6 is 10.2 Å². The second kappa shape index (κ2) is 22.8. The smallest absolute Gasteiger partial charge is 0.408 e. The summed E-state index contributed by atoms with van der Waals surface area (Å²) in [6.45, 7) is 21.9. The van der Waals surface area contributed by atoms with Crippen LogP contribution in [0.3, 0.4) is 0 Å². The first-order chi connectivity index (χ1) is 28.2. The van der Waals surface area contributed by atoms with Crippen LogP contribution in [0.25, 0.3) is 0 Å². The van der Waals surface area contributed by atoms with Gasteiger partial charge in [0.25, 0.3) is 0 Å². The Morgan fingerprint density at radius 1 is 0.603 bits per heavy atom. The van der Waals surface area contributed by atoms with E-state index in [4.69, 9.17) is 23.7 Å². The minimum Gasteiger partial charge on any atom is -0.460 e. The number of esters is 2. The molecule has 5 N–H and O–H groups in total. The number of ether oxygens (including phenoxy) is 5. The van der Waals surface area contributed by atoms with Gasteiger partial charge >= 0.3 is 34.3 Å². The second-order valence-corrected chi connectivity index (χ2v) is 20.7. The molecule has 5 amide bonds. The molecular formula is C40H68F5N5O12S. The van der Waals surface area contributed by atoms with Gasteiger partial charge in [-0.2, -0.15) is 0 Å². The van der Waals surface area contributed by atoms with Crippen molar-refractivity contribution in [1.29, 1.82) is 0 Å². The first-order valence-electron chi connectivity index (χ1n) is 20.1. The van der Waals surface area contributed by atoms with E-state index >= 15 is 0 Å². The molecule has 366 valence electrons. The van der Waals surface area contributed by atoms with Crippen LogP contribution < -0.4 is 26.6 Å². The van der Waals surface area contributed by atoms with Gasteiger partial charge in [-0.25, -0.2) is 14.4 Å². The zero-order chi connectivity index (χ0) is 49.3. The molecule has 0 aromatic carbocycles. The van der Waals surface area contributed by atoms with E-state index in [0.717, 1.165) is 0 Å². The van der Waals surface area contributed by atoms with Crippen molar-refractivity contribution in [2.24, 2.45) is 0 Å². The van der Waals surface area contributed by atoms with Crippen molar-refractivity contribution in [3.8, 4) is 0 Å². The van der Waals surface area contributed by atoms with Crippen LogP contribution in [0, 0.1) is 0 Å². The minimum absolute atomic E-state index is 0.00439. The third-order valence-electron chi connectivity index (χ3n) is 7.27. The van der Waals surface area contributed by atoms with Crippen molar-refractivity contribution in [2.45, 2.75) is 168 Å². The Labute approximate surface area is 366 Å². The quantitative estimate of drug-likeness (QED) is 0.0232. The lowest BCUT2D eigenvalue weighted by atomic mass is 10.1.